The smallest absolute Gasteiger partial charge is 0.313 e. The monoisotopic (exact) mass is 490 g/mol. The highest BCUT2D eigenvalue weighted by atomic mass is 16.5. The summed E-state index contributed by atoms with van der Waals surface area (Å²) in [6, 6.07) is 19.2. The van der Waals surface area contributed by atoms with Crippen molar-refractivity contribution in [2.75, 3.05) is 28.4 Å². The average Bonchev–Trinajstić information content (AvgIpc) is 2.92. The van der Waals surface area contributed by atoms with Crippen molar-refractivity contribution in [3.05, 3.63) is 83.4 Å². The molecule has 0 amide bonds. The lowest BCUT2D eigenvalue weighted by atomic mass is 9.44. The van der Waals surface area contributed by atoms with Gasteiger partial charge in [-0.15, -0.1) is 0 Å². The molecule has 186 valence electrons. The number of rotatable bonds is 6. The highest BCUT2D eigenvalue weighted by Gasteiger charge is 2.82. The fraction of sp³-hybridized carbons (Fsp3) is 0.286. The summed E-state index contributed by atoms with van der Waals surface area (Å²) in [6.07, 6.45) is 0. The minimum atomic E-state index is -2.29. The van der Waals surface area contributed by atoms with Gasteiger partial charge in [-0.2, -0.15) is 0 Å². The Bertz CT molecular complexity index is 1320. The molecule has 1 aliphatic carbocycles. The van der Waals surface area contributed by atoms with E-state index < -0.39 is 34.8 Å². The minimum Gasteiger partial charge on any atom is -0.497 e. The van der Waals surface area contributed by atoms with Gasteiger partial charge >= 0.3 is 5.97 Å². The third-order valence-corrected chi connectivity index (χ3v) is 7.26. The van der Waals surface area contributed by atoms with Gasteiger partial charge in [0.25, 0.3) is 0 Å². The summed E-state index contributed by atoms with van der Waals surface area (Å²) in [4.78, 5) is 27.4. The molecule has 1 heterocycles. The zero-order valence-electron chi connectivity index (χ0n) is 20.3. The van der Waals surface area contributed by atoms with Gasteiger partial charge in [0, 0.05) is 18.1 Å². The molecule has 1 N–H and O–H groups in total. The summed E-state index contributed by atoms with van der Waals surface area (Å²) < 4.78 is 27.9. The minimum absolute atomic E-state index is 0.0327. The van der Waals surface area contributed by atoms with Crippen molar-refractivity contribution in [2.24, 2.45) is 5.92 Å². The van der Waals surface area contributed by atoms with E-state index in [1.54, 1.807) is 37.4 Å². The van der Waals surface area contributed by atoms with Gasteiger partial charge in [-0.3, -0.25) is 9.59 Å². The summed E-state index contributed by atoms with van der Waals surface area (Å²) in [5.41, 5.74) is -2.70. The number of carbonyl (C=O) groups is 2. The van der Waals surface area contributed by atoms with Crippen molar-refractivity contribution < 1.29 is 38.4 Å². The Kier molecular flexibility index (Phi) is 5.64. The van der Waals surface area contributed by atoms with E-state index >= 15 is 0 Å². The van der Waals surface area contributed by atoms with Gasteiger partial charge in [0.2, 0.25) is 5.78 Å². The second-order valence-corrected chi connectivity index (χ2v) is 8.75. The van der Waals surface area contributed by atoms with Crippen molar-refractivity contribution in [3.63, 3.8) is 0 Å². The Morgan fingerprint density at radius 1 is 0.889 bits per heavy atom. The Morgan fingerprint density at radius 2 is 1.56 bits per heavy atom. The van der Waals surface area contributed by atoms with Gasteiger partial charge in [-0.1, -0.05) is 42.5 Å². The van der Waals surface area contributed by atoms with E-state index in [4.69, 9.17) is 23.7 Å². The maximum Gasteiger partial charge on any atom is 0.313 e. The number of ketones is 1. The number of benzene rings is 3. The maximum atomic E-state index is 14.2. The Balaban J connectivity index is 1.84. The van der Waals surface area contributed by atoms with E-state index in [1.165, 1.54) is 27.4 Å². The quantitative estimate of drug-likeness (QED) is 0.524. The number of methoxy groups -OCH3 is 4. The van der Waals surface area contributed by atoms with E-state index in [1.807, 2.05) is 30.3 Å². The van der Waals surface area contributed by atoms with Crippen LogP contribution in [0.15, 0.2) is 66.7 Å². The molecule has 0 aromatic heterocycles. The highest BCUT2D eigenvalue weighted by molar-refractivity contribution is 6.12. The Labute approximate surface area is 208 Å². The second kappa shape index (κ2) is 8.57. The van der Waals surface area contributed by atoms with E-state index in [2.05, 4.69) is 0 Å². The number of esters is 1. The predicted octanol–water partition coefficient (Wildman–Crippen LogP) is 3.50. The molecule has 1 fully saturated rings. The molecular weight excluding hydrogens is 464 g/mol. The van der Waals surface area contributed by atoms with Gasteiger partial charge in [-0.05, 0) is 23.3 Å². The molecule has 5 rings (SSSR count). The summed E-state index contributed by atoms with van der Waals surface area (Å²) in [5.74, 6) is -2.05. The summed E-state index contributed by atoms with van der Waals surface area (Å²) in [6.45, 7) is 0. The van der Waals surface area contributed by atoms with Crippen LogP contribution in [0.5, 0.6) is 23.0 Å². The molecule has 1 saturated carbocycles. The molecule has 3 aromatic carbocycles. The van der Waals surface area contributed by atoms with Crippen molar-refractivity contribution >= 4 is 11.8 Å². The van der Waals surface area contributed by atoms with Crippen LogP contribution in [-0.2, 0) is 15.1 Å². The number of hydrogen-bond donors (Lipinski definition) is 1. The first kappa shape index (κ1) is 23.7. The van der Waals surface area contributed by atoms with Crippen LogP contribution in [0.4, 0.5) is 0 Å². The summed E-state index contributed by atoms with van der Waals surface area (Å²) in [7, 11) is 5.67. The largest absolute Gasteiger partial charge is 0.497 e. The number of aliphatic hydroxyl groups is 1. The van der Waals surface area contributed by atoms with Crippen molar-refractivity contribution in [2.45, 2.75) is 17.1 Å². The lowest BCUT2D eigenvalue weighted by Gasteiger charge is -2.65. The highest BCUT2D eigenvalue weighted by Crippen LogP contribution is 2.69. The van der Waals surface area contributed by atoms with Crippen LogP contribution in [0, 0.1) is 5.92 Å². The van der Waals surface area contributed by atoms with Crippen molar-refractivity contribution in [1.29, 1.82) is 0 Å². The zero-order valence-corrected chi connectivity index (χ0v) is 20.3. The maximum absolute atomic E-state index is 14.2. The second-order valence-electron chi connectivity index (χ2n) is 8.75. The lowest BCUT2D eigenvalue weighted by molar-refractivity contribution is -0.251. The van der Waals surface area contributed by atoms with Crippen LogP contribution in [0.25, 0.3) is 0 Å². The molecule has 2 unspecified atom stereocenters. The summed E-state index contributed by atoms with van der Waals surface area (Å²) >= 11 is 0. The number of carbonyl (C=O) groups excluding carboxylic acids is 2. The fourth-order valence-electron chi connectivity index (χ4n) is 5.63. The fourth-order valence-corrected chi connectivity index (χ4v) is 5.63. The van der Waals surface area contributed by atoms with E-state index in [9.17, 15) is 14.7 Å². The Hall–Kier alpha value is -4.04. The third kappa shape index (κ3) is 2.97. The van der Waals surface area contributed by atoms with Gasteiger partial charge in [0.05, 0.1) is 28.4 Å². The zero-order chi connectivity index (χ0) is 25.7. The van der Waals surface area contributed by atoms with E-state index in [0.717, 1.165) is 0 Å². The molecule has 1 aliphatic heterocycles. The molecule has 3 aromatic rings. The topological polar surface area (TPSA) is 101 Å². The average molecular weight is 491 g/mol. The standard InChI is InChI=1S/C28H26O8/c1-32-18-12-10-17(11-13-18)28-23(16-8-6-5-7-9-16)24(26(30)35-4)27(28,31)25(29)22-20(34-3)14-19(33-2)15-21(22)36-28/h5-15,23-24,31H,1-4H3/t23?,24?,27-,28+/m1/s1. The molecule has 0 radical (unpaired) electrons. The molecule has 36 heavy (non-hydrogen) atoms. The van der Waals surface area contributed by atoms with Crippen LogP contribution in [-0.4, -0.2) is 50.9 Å². The van der Waals surface area contributed by atoms with Gasteiger partial charge in [0.15, 0.2) is 11.2 Å². The molecule has 0 saturated heterocycles. The molecule has 0 bridgehead atoms. The molecule has 2 aliphatic rings. The molecule has 8 heteroatoms. The molecule has 8 nitrogen and oxygen atoms in total. The first-order valence-corrected chi connectivity index (χ1v) is 11.4. The van der Waals surface area contributed by atoms with Crippen LogP contribution in [0.1, 0.15) is 27.4 Å². The first-order valence-electron chi connectivity index (χ1n) is 11.4. The molecular formula is C28H26O8. The predicted molar refractivity (Wildman–Crippen MR) is 129 cm³/mol. The number of ether oxygens (including phenoxy) is 5. The van der Waals surface area contributed by atoms with Crippen LogP contribution >= 0.6 is 0 Å². The van der Waals surface area contributed by atoms with Crippen molar-refractivity contribution in [1.82, 2.24) is 0 Å². The van der Waals surface area contributed by atoms with Gasteiger partial charge in [-0.25, -0.2) is 0 Å². The van der Waals surface area contributed by atoms with Crippen molar-refractivity contribution in [3.8, 4) is 23.0 Å². The van der Waals surface area contributed by atoms with E-state index in [0.29, 0.717) is 22.6 Å². The molecule has 0 spiro atoms. The SMILES string of the molecule is COC(=O)C1C(c2ccccc2)[C@]2(c3ccc(OC)cc3)Oc3cc(OC)cc(OC)c3C(=O)[C@]12O. The van der Waals surface area contributed by atoms with Gasteiger partial charge < -0.3 is 28.8 Å². The number of fused-ring (bicyclic) bond motifs is 2. The number of Topliss-reactive ketones (excluding diaryl/α,β-unsaturated/α-hetero) is 1. The van der Waals surface area contributed by atoms with Gasteiger partial charge in [0.1, 0.15) is 34.5 Å². The van der Waals surface area contributed by atoms with Crippen LogP contribution in [0.2, 0.25) is 0 Å². The lowest BCUT2D eigenvalue weighted by Crippen LogP contribution is -2.80. The number of hydrogen-bond acceptors (Lipinski definition) is 8. The third-order valence-electron chi connectivity index (χ3n) is 7.26. The van der Waals surface area contributed by atoms with Crippen LogP contribution in [0.3, 0.4) is 0 Å². The van der Waals surface area contributed by atoms with Crippen LogP contribution < -0.4 is 18.9 Å². The summed E-state index contributed by atoms with van der Waals surface area (Å²) in [5, 5.41) is 12.3. The normalized spacial score (nSPS) is 26.0. The Morgan fingerprint density at radius 3 is 2.14 bits per heavy atom. The molecule has 4 atom stereocenters. The van der Waals surface area contributed by atoms with E-state index in [-0.39, 0.29) is 17.1 Å². The first-order chi connectivity index (χ1) is 17.4.